The van der Waals surface area contributed by atoms with E-state index in [4.69, 9.17) is 0 Å². The van der Waals surface area contributed by atoms with Crippen molar-refractivity contribution in [2.45, 2.75) is 31.6 Å². The Balaban J connectivity index is 1.87. The molecule has 9 heteroatoms. The second-order valence-corrected chi connectivity index (χ2v) is 10.4. The smallest absolute Gasteiger partial charge is 0.262 e. The van der Waals surface area contributed by atoms with Crippen molar-refractivity contribution in [1.82, 2.24) is 0 Å². The van der Waals surface area contributed by atoms with Crippen LogP contribution in [0.25, 0.3) is 0 Å². The molecule has 0 spiro atoms. The minimum absolute atomic E-state index is 0.0706. The van der Waals surface area contributed by atoms with E-state index < -0.39 is 20.0 Å². The third kappa shape index (κ3) is 4.20. The lowest BCUT2D eigenvalue weighted by Gasteiger charge is -2.28. The van der Waals surface area contributed by atoms with Gasteiger partial charge in [0, 0.05) is 17.8 Å². The summed E-state index contributed by atoms with van der Waals surface area (Å²) in [7, 11) is -7.22. The fourth-order valence-electron chi connectivity index (χ4n) is 3.15. The van der Waals surface area contributed by atoms with Crippen LogP contribution in [0.5, 0.6) is 0 Å². The molecule has 0 bridgehead atoms. The number of rotatable bonds is 5. The number of nitrogens with one attached hydrogen (secondary N) is 1. The Kier molecular flexibility index (Phi) is 5.49. The highest BCUT2D eigenvalue weighted by Crippen LogP contribution is 2.28. The highest BCUT2D eigenvalue weighted by Gasteiger charge is 2.27. The first kappa shape index (κ1) is 20.3. The van der Waals surface area contributed by atoms with Gasteiger partial charge in [0.1, 0.15) is 0 Å². The normalized spacial score (nSPS) is 16.6. The van der Waals surface area contributed by atoms with Gasteiger partial charge in [-0.1, -0.05) is 0 Å². The lowest BCUT2D eigenvalue weighted by atomic mass is 10.1. The summed E-state index contributed by atoms with van der Waals surface area (Å²) < 4.78 is 53.8. The van der Waals surface area contributed by atoms with E-state index in [1.807, 2.05) is 0 Å². The zero-order valence-electron chi connectivity index (χ0n) is 15.7. The molecule has 1 N–H and O–H groups in total. The van der Waals surface area contributed by atoms with E-state index in [1.165, 1.54) is 35.5 Å². The monoisotopic (exact) mass is 422 g/mol. The van der Waals surface area contributed by atoms with E-state index in [9.17, 15) is 21.6 Å². The molecule has 28 heavy (non-hydrogen) atoms. The average molecular weight is 423 g/mol. The topological polar surface area (TPSA) is 101 Å². The number of benzene rings is 2. The lowest BCUT2D eigenvalue weighted by Crippen LogP contribution is -2.37. The molecule has 150 valence electrons. The Bertz CT molecular complexity index is 1110. The summed E-state index contributed by atoms with van der Waals surface area (Å²) in [5, 5.41) is 0. The Morgan fingerprint density at radius 2 is 1.75 bits per heavy atom. The van der Waals surface area contributed by atoms with Crippen LogP contribution in [-0.2, 0) is 20.0 Å². The minimum Gasteiger partial charge on any atom is -0.295 e. The summed E-state index contributed by atoms with van der Waals surface area (Å²) in [6, 6.07) is 10.7. The molecule has 0 unspecified atom stereocenters. The number of ketones is 1. The molecular formula is C19H22N2O5S2. The van der Waals surface area contributed by atoms with Crippen molar-refractivity contribution in [2.24, 2.45) is 0 Å². The summed E-state index contributed by atoms with van der Waals surface area (Å²) in [5.41, 5.74) is 1.76. The first-order valence-electron chi connectivity index (χ1n) is 8.85. The third-order valence-electron chi connectivity index (χ3n) is 4.63. The first-order chi connectivity index (χ1) is 13.1. The highest BCUT2D eigenvalue weighted by atomic mass is 32.2. The van der Waals surface area contributed by atoms with E-state index in [-0.39, 0.29) is 16.4 Å². The number of hydrogen-bond donors (Lipinski definition) is 1. The molecule has 0 saturated carbocycles. The summed E-state index contributed by atoms with van der Waals surface area (Å²) in [5.74, 6) is -0.00213. The highest BCUT2D eigenvalue weighted by molar-refractivity contribution is 7.93. The van der Waals surface area contributed by atoms with Gasteiger partial charge in [-0.3, -0.25) is 13.8 Å². The van der Waals surface area contributed by atoms with Crippen molar-refractivity contribution in [3.8, 4) is 0 Å². The van der Waals surface area contributed by atoms with Crippen LogP contribution >= 0.6 is 0 Å². The van der Waals surface area contributed by atoms with Gasteiger partial charge in [-0.25, -0.2) is 16.8 Å². The standard InChI is InChI=1S/C19H22N2O5S2/c1-14-13-18(21-11-3-4-12-27(21,23)24)9-10-19(14)28(25,26)20-17-7-5-16(6-8-17)15(2)22/h5-10,13,20H,3-4,11-12H2,1-2H3. The van der Waals surface area contributed by atoms with Crippen LogP contribution in [0.3, 0.4) is 0 Å². The molecule has 0 aliphatic carbocycles. The lowest BCUT2D eigenvalue weighted by molar-refractivity contribution is 0.101. The van der Waals surface area contributed by atoms with Gasteiger partial charge in [0.25, 0.3) is 10.0 Å². The number of sulfonamides is 2. The van der Waals surface area contributed by atoms with Crippen molar-refractivity contribution >= 4 is 37.2 Å². The van der Waals surface area contributed by atoms with Gasteiger partial charge in [-0.2, -0.15) is 0 Å². The van der Waals surface area contributed by atoms with Crippen LogP contribution in [0, 0.1) is 6.92 Å². The predicted octanol–water partition coefficient (Wildman–Crippen LogP) is 2.93. The van der Waals surface area contributed by atoms with Gasteiger partial charge in [-0.15, -0.1) is 0 Å². The Morgan fingerprint density at radius 3 is 2.32 bits per heavy atom. The van der Waals surface area contributed by atoms with Gasteiger partial charge < -0.3 is 0 Å². The number of aryl methyl sites for hydroxylation is 1. The van der Waals surface area contributed by atoms with Crippen LogP contribution in [0.15, 0.2) is 47.4 Å². The molecule has 0 atom stereocenters. The molecule has 1 saturated heterocycles. The second-order valence-electron chi connectivity index (χ2n) is 6.78. The van der Waals surface area contributed by atoms with Crippen molar-refractivity contribution in [2.75, 3.05) is 21.3 Å². The Hall–Kier alpha value is -2.39. The van der Waals surface area contributed by atoms with Crippen LogP contribution in [0.1, 0.15) is 35.7 Å². The quantitative estimate of drug-likeness (QED) is 0.747. The van der Waals surface area contributed by atoms with E-state index in [2.05, 4.69) is 4.72 Å². The summed E-state index contributed by atoms with van der Waals surface area (Å²) in [6.45, 7) is 3.47. The van der Waals surface area contributed by atoms with Crippen LogP contribution in [0.4, 0.5) is 11.4 Å². The molecule has 7 nitrogen and oxygen atoms in total. The SMILES string of the molecule is CC(=O)c1ccc(NS(=O)(=O)c2ccc(N3CCCCS3(=O)=O)cc2C)cc1. The molecule has 2 aromatic rings. The minimum atomic E-state index is -3.86. The number of carbonyl (C=O) groups excluding carboxylic acids is 1. The van der Waals surface area contributed by atoms with E-state index in [0.717, 1.165) is 6.42 Å². The van der Waals surface area contributed by atoms with Crippen molar-refractivity contribution in [3.05, 3.63) is 53.6 Å². The zero-order chi connectivity index (χ0) is 20.5. The van der Waals surface area contributed by atoms with Gasteiger partial charge in [0.05, 0.1) is 16.3 Å². The fourth-order valence-corrected chi connectivity index (χ4v) is 6.07. The summed E-state index contributed by atoms with van der Waals surface area (Å²) in [4.78, 5) is 11.4. The molecule has 0 radical (unpaired) electrons. The van der Waals surface area contributed by atoms with Crippen LogP contribution in [-0.4, -0.2) is 34.9 Å². The third-order valence-corrected chi connectivity index (χ3v) is 8.04. The molecule has 1 aliphatic rings. The van der Waals surface area contributed by atoms with Gasteiger partial charge in [0.15, 0.2) is 5.78 Å². The largest absolute Gasteiger partial charge is 0.295 e. The van der Waals surface area contributed by atoms with Crippen molar-refractivity contribution in [3.63, 3.8) is 0 Å². The molecule has 1 aliphatic heterocycles. The number of carbonyl (C=O) groups is 1. The zero-order valence-corrected chi connectivity index (χ0v) is 17.3. The molecule has 0 amide bonds. The molecular weight excluding hydrogens is 400 g/mol. The maximum absolute atomic E-state index is 12.7. The average Bonchev–Trinajstić information content (AvgIpc) is 2.61. The number of Topliss-reactive ketones (excluding diaryl/α,β-unsaturated/α-hetero) is 1. The van der Waals surface area contributed by atoms with Gasteiger partial charge in [-0.05, 0) is 74.7 Å². The maximum Gasteiger partial charge on any atom is 0.262 e. The first-order valence-corrected chi connectivity index (χ1v) is 11.9. The number of anilines is 2. The van der Waals surface area contributed by atoms with Gasteiger partial charge >= 0.3 is 0 Å². The second kappa shape index (κ2) is 7.56. The van der Waals surface area contributed by atoms with Crippen molar-refractivity contribution in [1.29, 1.82) is 0 Å². The van der Waals surface area contributed by atoms with E-state index in [0.29, 0.717) is 35.5 Å². The van der Waals surface area contributed by atoms with Crippen LogP contribution < -0.4 is 9.03 Å². The molecule has 2 aromatic carbocycles. The summed E-state index contributed by atoms with van der Waals surface area (Å²) in [6.07, 6.45) is 1.41. The Labute approximate surface area is 165 Å². The molecule has 1 fully saturated rings. The molecule has 0 aromatic heterocycles. The molecule has 3 rings (SSSR count). The van der Waals surface area contributed by atoms with E-state index in [1.54, 1.807) is 25.1 Å². The van der Waals surface area contributed by atoms with Crippen molar-refractivity contribution < 1.29 is 21.6 Å². The predicted molar refractivity (Wildman–Crippen MR) is 109 cm³/mol. The fraction of sp³-hybridized carbons (Fsp3) is 0.316. The summed E-state index contributed by atoms with van der Waals surface area (Å²) >= 11 is 0. The number of hydrogen-bond acceptors (Lipinski definition) is 5. The van der Waals surface area contributed by atoms with Gasteiger partial charge in [0.2, 0.25) is 10.0 Å². The Morgan fingerprint density at radius 1 is 1.07 bits per heavy atom. The number of nitrogens with zero attached hydrogens (tertiary/aromatic N) is 1. The van der Waals surface area contributed by atoms with E-state index >= 15 is 0 Å². The molecule has 1 heterocycles. The maximum atomic E-state index is 12.7. The van der Waals surface area contributed by atoms with Crippen LogP contribution in [0.2, 0.25) is 0 Å².